The first-order valence-corrected chi connectivity index (χ1v) is 11.2. The highest BCUT2D eigenvalue weighted by Gasteiger charge is 2.59. The number of nitrogens with one attached hydrogen (secondary N) is 1. The number of benzene rings is 2. The maximum Gasteiger partial charge on any atom is 0.338 e. The van der Waals surface area contributed by atoms with E-state index in [0.717, 1.165) is 6.42 Å². The van der Waals surface area contributed by atoms with Crippen LogP contribution in [0, 0.1) is 23.7 Å². The first-order chi connectivity index (χ1) is 15.8. The number of fused-ring (bicyclic) bond motifs is 5. The molecule has 1 heterocycles. The number of allylic oxidation sites excluding steroid dienone is 2. The number of ether oxygens (including phenoxy) is 1. The molecule has 2 aromatic rings. The van der Waals surface area contributed by atoms with Gasteiger partial charge in [-0.25, -0.2) is 9.69 Å². The lowest BCUT2D eigenvalue weighted by Crippen LogP contribution is -2.33. The molecule has 3 aliphatic rings. The van der Waals surface area contributed by atoms with Gasteiger partial charge in [-0.3, -0.25) is 14.4 Å². The molecule has 2 aliphatic carbocycles. The molecule has 5 rings (SSSR count). The first kappa shape index (κ1) is 21.7. The second-order valence-corrected chi connectivity index (χ2v) is 9.07. The number of imide groups is 1. The summed E-state index contributed by atoms with van der Waals surface area (Å²) in [6, 6.07) is 10.9. The second kappa shape index (κ2) is 8.32. The van der Waals surface area contributed by atoms with Crippen molar-refractivity contribution in [3.63, 3.8) is 0 Å². The second-order valence-electron chi connectivity index (χ2n) is 8.29. The zero-order valence-corrected chi connectivity index (χ0v) is 18.7. The molecule has 0 unspecified atom stereocenters. The maximum atomic E-state index is 13.0. The first-order valence-electron chi connectivity index (χ1n) is 10.4. The van der Waals surface area contributed by atoms with E-state index in [1.807, 2.05) is 12.2 Å². The van der Waals surface area contributed by atoms with Crippen LogP contribution in [-0.4, -0.2) is 30.3 Å². The molecule has 1 N–H and O–H groups in total. The summed E-state index contributed by atoms with van der Waals surface area (Å²) >= 11 is 12.0. The van der Waals surface area contributed by atoms with Gasteiger partial charge in [-0.2, -0.15) is 0 Å². The third-order valence-corrected chi connectivity index (χ3v) is 7.19. The molecule has 2 bridgehead atoms. The molecule has 2 aromatic carbocycles. The third kappa shape index (κ3) is 3.71. The summed E-state index contributed by atoms with van der Waals surface area (Å²) < 4.78 is 5.10. The minimum atomic E-state index is -0.759. The zero-order chi connectivity index (χ0) is 23.3. The zero-order valence-electron chi connectivity index (χ0n) is 17.2. The van der Waals surface area contributed by atoms with Gasteiger partial charge in [-0.05, 0) is 48.6 Å². The van der Waals surface area contributed by atoms with E-state index in [0.29, 0.717) is 11.4 Å². The van der Waals surface area contributed by atoms with E-state index in [-0.39, 0.29) is 51.1 Å². The molecule has 9 heteroatoms. The van der Waals surface area contributed by atoms with Gasteiger partial charge in [-0.1, -0.05) is 47.5 Å². The summed E-state index contributed by atoms with van der Waals surface area (Å²) in [6.07, 6.45) is 4.89. The summed E-state index contributed by atoms with van der Waals surface area (Å²) in [5.74, 6) is -2.28. The van der Waals surface area contributed by atoms with E-state index in [4.69, 9.17) is 27.9 Å². The molecule has 33 heavy (non-hydrogen) atoms. The predicted octanol–water partition coefficient (Wildman–Crippen LogP) is 4.10. The van der Waals surface area contributed by atoms with Crippen molar-refractivity contribution in [2.24, 2.45) is 23.7 Å². The number of rotatable bonds is 5. The van der Waals surface area contributed by atoms with E-state index in [2.05, 4.69) is 5.32 Å². The molecule has 2 fully saturated rings. The average molecular weight is 485 g/mol. The molecule has 3 amide bonds. The lowest BCUT2D eigenvalue weighted by molar-refractivity contribution is -0.123. The monoisotopic (exact) mass is 484 g/mol. The summed E-state index contributed by atoms with van der Waals surface area (Å²) in [6.45, 7) is -0.549. The van der Waals surface area contributed by atoms with E-state index in [1.165, 1.54) is 17.0 Å². The normalized spacial score (nSPS) is 24.8. The molecular weight excluding hydrogens is 467 g/mol. The lowest BCUT2D eigenvalue weighted by Gasteiger charge is -2.18. The van der Waals surface area contributed by atoms with Crippen molar-refractivity contribution in [1.29, 1.82) is 0 Å². The minimum absolute atomic E-state index is 0.0982. The van der Waals surface area contributed by atoms with E-state index >= 15 is 0 Å². The summed E-state index contributed by atoms with van der Waals surface area (Å²) in [4.78, 5) is 51.8. The van der Waals surface area contributed by atoms with Gasteiger partial charge in [0.05, 0.1) is 38.8 Å². The van der Waals surface area contributed by atoms with Crippen molar-refractivity contribution in [2.45, 2.75) is 6.42 Å². The molecule has 1 saturated carbocycles. The van der Waals surface area contributed by atoms with Gasteiger partial charge in [0.25, 0.3) is 5.91 Å². The largest absolute Gasteiger partial charge is 0.452 e. The molecule has 168 valence electrons. The average Bonchev–Trinajstić information content (AvgIpc) is 3.49. The number of carbonyl (C=O) groups excluding carboxylic acids is 4. The topological polar surface area (TPSA) is 92.8 Å². The van der Waals surface area contributed by atoms with Gasteiger partial charge in [0.2, 0.25) is 11.8 Å². The number of anilines is 2. The Balaban J connectivity index is 1.25. The number of amides is 3. The number of carbonyl (C=O) groups is 4. The predicted molar refractivity (Wildman–Crippen MR) is 122 cm³/mol. The summed E-state index contributed by atoms with van der Waals surface area (Å²) in [5, 5.41) is 2.99. The van der Waals surface area contributed by atoms with E-state index in [1.54, 1.807) is 30.3 Å². The number of esters is 1. The number of nitrogens with zero attached hydrogens (tertiary/aromatic N) is 1. The van der Waals surface area contributed by atoms with E-state index < -0.39 is 18.5 Å². The third-order valence-electron chi connectivity index (χ3n) is 6.37. The molecular formula is C24H18Cl2N2O5. The van der Waals surface area contributed by atoms with Crippen LogP contribution in [0.2, 0.25) is 10.0 Å². The molecule has 0 radical (unpaired) electrons. The van der Waals surface area contributed by atoms with Crippen LogP contribution in [0.3, 0.4) is 0 Å². The van der Waals surface area contributed by atoms with Crippen molar-refractivity contribution in [3.8, 4) is 0 Å². The van der Waals surface area contributed by atoms with Crippen LogP contribution in [0.5, 0.6) is 0 Å². The van der Waals surface area contributed by atoms with Crippen LogP contribution in [0.4, 0.5) is 11.4 Å². The van der Waals surface area contributed by atoms with Gasteiger partial charge >= 0.3 is 5.97 Å². The number of halogens is 2. The quantitative estimate of drug-likeness (QED) is 0.391. The van der Waals surface area contributed by atoms with Crippen molar-refractivity contribution >= 4 is 58.3 Å². The summed E-state index contributed by atoms with van der Waals surface area (Å²) in [5.41, 5.74) is 0.746. The van der Waals surface area contributed by atoms with Crippen LogP contribution in [0.1, 0.15) is 16.8 Å². The highest BCUT2D eigenvalue weighted by Crippen LogP contribution is 2.53. The van der Waals surface area contributed by atoms with E-state index in [9.17, 15) is 19.2 Å². The lowest BCUT2D eigenvalue weighted by atomic mass is 9.85. The van der Waals surface area contributed by atoms with Gasteiger partial charge in [0, 0.05) is 0 Å². The maximum absolute atomic E-state index is 13.0. The molecule has 1 aliphatic heterocycles. The van der Waals surface area contributed by atoms with Crippen LogP contribution in [-0.2, 0) is 19.1 Å². The Morgan fingerprint density at radius 2 is 1.67 bits per heavy atom. The molecule has 0 aromatic heterocycles. The fourth-order valence-electron chi connectivity index (χ4n) is 4.93. The highest BCUT2D eigenvalue weighted by molar-refractivity contribution is 6.44. The Morgan fingerprint density at radius 3 is 2.36 bits per heavy atom. The fourth-order valence-corrected chi connectivity index (χ4v) is 5.28. The Morgan fingerprint density at radius 1 is 1.00 bits per heavy atom. The number of hydrogen-bond acceptors (Lipinski definition) is 5. The van der Waals surface area contributed by atoms with Crippen molar-refractivity contribution < 1.29 is 23.9 Å². The van der Waals surface area contributed by atoms with Gasteiger partial charge in [-0.15, -0.1) is 0 Å². The Bertz CT molecular complexity index is 1200. The Hall–Kier alpha value is -3.16. The summed E-state index contributed by atoms with van der Waals surface area (Å²) in [7, 11) is 0. The fraction of sp³-hybridized carbons (Fsp3) is 0.250. The van der Waals surface area contributed by atoms with Crippen molar-refractivity contribution in [1.82, 2.24) is 0 Å². The van der Waals surface area contributed by atoms with Crippen molar-refractivity contribution in [2.75, 3.05) is 16.8 Å². The minimum Gasteiger partial charge on any atom is -0.452 e. The number of hydrogen-bond donors (Lipinski definition) is 1. The standard InChI is InChI=1S/C24H18Cl2N2O5/c25-16-5-2-6-17(21(16)26)27-18(29)11-33-24(32)14-3-1-4-15(10-14)28-22(30)19-12-7-8-13(9-12)20(19)23(28)31/h1-8,10,12-13,19-20H,9,11H2,(H,27,29)/t12-,13-,19+,20+/m0/s1. The molecule has 4 atom stereocenters. The molecule has 0 spiro atoms. The van der Waals surface area contributed by atoms with Gasteiger partial charge in [0.15, 0.2) is 6.61 Å². The SMILES string of the molecule is O=C(COC(=O)c1cccc(N2C(=O)[C@H]3[C@H](C2=O)[C@H]2C=C[C@H]3C2)c1)Nc1cccc(Cl)c1Cl. The molecule has 7 nitrogen and oxygen atoms in total. The Kier molecular flexibility index (Phi) is 5.46. The van der Waals surface area contributed by atoms with Crippen LogP contribution < -0.4 is 10.2 Å². The van der Waals surface area contributed by atoms with Gasteiger partial charge in [0.1, 0.15) is 0 Å². The van der Waals surface area contributed by atoms with Crippen LogP contribution in [0.15, 0.2) is 54.6 Å². The van der Waals surface area contributed by atoms with Crippen LogP contribution >= 0.6 is 23.2 Å². The Labute approximate surface area is 199 Å². The van der Waals surface area contributed by atoms with Crippen LogP contribution in [0.25, 0.3) is 0 Å². The van der Waals surface area contributed by atoms with Gasteiger partial charge < -0.3 is 10.1 Å². The molecule has 1 saturated heterocycles. The van der Waals surface area contributed by atoms with Crippen molar-refractivity contribution in [3.05, 3.63) is 70.2 Å². The smallest absolute Gasteiger partial charge is 0.338 e. The highest BCUT2D eigenvalue weighted by atomic mass is 35.5.